The van der Waals surface area contributed by atoms with Crippen molar-refractivity contribution in [2.75, 3.05) is 0 Å². The van der Waals surface area contributed by atoms with Gasteiger partial charge in [-0.1, -0.05) is 5.92 Å². The summed E-state index contributed by atoms with van der Waals surface area (Å²) >= 11 is 0. The highest BCUT2D eigenvalue weighted by molar-refractivity contribution is 5.74. The Morgan fingerprint density at radius 3 is 2.46 bits per heavy atom. The Balaban J connectivity index is 3.77. The van der Waals surface area contributed by atoms with Crippen LogP contribution in [0.25, 0.3) is 0 Å². The summed E-state index contributed by atoms with van der Waals surface area (Å²) in [6.45, 7) is 3.56. The molecule has 70 valence electrons. The van der Waals surface area contributed by atoms with Gasteiger partial charge in [-0.2, -0.15) is 0 Å². The van der Waals surface area contributed by atoms with Crippen LogP contribution in [0.3, 0.4) is 0 Å². The Morgan fingerprint density at radius 1 is 1.38 bits per heavy atom. The van der Waals surface area contributed by atoms with Gasteiger partial charge < -0.3 is 10.6 Å². The van der Waals surface area contributed by atoms with E-state index in [-0.39, 0.29) is 18.1 Å². The fraction of sp³-hybridized carbons (Fsp3) is 0.500. The van der Waals surface area contributed by atoms with Crippen LogP contribution in [0.15, 0.2) is 0 Å². The van der Waals surface area contributed by atoms with E-state index in [0.29, 0.717) is 6.42 Å². The molecule has 0 radical (unpaired) electrons. The number of hydrogen-bond donors (Lipinski definition) is 2. The van der Waals surface area contributed by atoms with Crippen molar-refractivity contribution in [1.29, 1.82) is 0 Å². The minimum absolute atomic E-state index is 0.0324. The minimum atomic E-state index is -0.284. The van der Waals surface area contributed by atoms with Crippen LogP contribution in [-0.2, 0) is 0 Å². The maximum absolute atomic E-state index is 11.1. The molecule has 0 heterocycles. The van der Waals surface area contributed by atoms with Gasteiger partial charge in [-0.05, 0) is 13.8 Å². The Morgan fingerprint density at radius 2 is 2.00 bits per heavy atom. The third-order valence-corrected chi connectivity index (χ3v) is 1.40. The molecule has 0 spiro atoms. The van der Waals surface area contributed by atoms with Gasteiger partial charge in [-0.15, -0.1) is 18.8 Å². The van der Waals surface area contributed by atoms with Crippen LogP contribution in [0.4, 0.5) is 4.79 Å². The van der Waals surface area contributed by atoms with Gasteiger partial charge in [0.1, 0.15) is 0 Å². The molecule has 0 aliphatic heterocycles. The van der Waals surface area contributed by atoms with E-state index in [0.717, 1.165) is 0 Å². The van der Waals surface area contributed by atoms with Crippen molar-refractivity contribution in [3.05, 3.63) is 0 Å². The van der Waals surface area contributed by atoms with Gasteiger partial charge in [0.15, 0.2) is 0 Å². The van der Waals surface area contributed by atoms with Crippen LogP contribution in [-0.4, -0.2) is 18.1 Å². The first-order valence-corrected chi connectivity index (χ1v) is 4.06. The molecular formula is C10H14N2O. The lowest BCUT2D eigenvalue weighted by Gasteiger charge is -2.13. The predicted molar refractivity (Wildman–Crippen MR) is 52.9 cm³/mol. The molecule has 0 aliphatic rings. The van der Waals surface area contributed by atoms with Crippen LogP contribution in [0, 0.1) is 24.7 Å². The molecule has 13 heavy (non-hydrogen) atoms. The molecule has 2 atom stereocenters. The molecule has 0 rings (SSSR count). The lowest BCUT2D eigenvalue weighted by Crippen LogP contribution is -2.43. The van der Waals surface area contributed by atoms with Crippen LogP contribution in [0.2, 0.25) is 0 Å². The number of rotatable bonds is 3. The number of hydrogen-bond acceptors (Lipinski definition) is 1. The molecule has 0 aromatic heterocycles. The first-order valence-electron chi connectivity index (χ1n) is 4.06. The molecule has 2 unspecified atom stereocenters. The zero-order valence-corrected chi connectivity index (χ0v) is 7.92. The average molecular weight is 178 g/mol. The van der Waals surface area contributed by atoms with E-state index in [9.17, 15) is 4.79 Å². The van der Waals surface area contributed by atoms with Gasteiger partial charge in [0.05, 0.1) is 6.04 Å². The maximum Gasteiger partial charge on any atom is 0.315 e. The second kappa shape index (κ2) is 5.97. The molecular weight excluding hydrogens is 164 g/mol. The summed E-state index contributed by atoms with van der Waals surface area (Å²) in [5.41, 5.74) is 0. The van der Waals surface area contributed by atoms with Crippen LogP contribution >= 0.6 is 0 Å². The fourth-order valence-corrected chi connectivity index (χ4v) is 0.732. The molecule has 0 aromatic carbocycles. The Bertz CT molecular complexity index is 247. The Labute approximate surface area is 79.3 Å². The molecule has 0 fully saturated rings. The highest BCUT2D eigenvalue weighted by atomic mass is 16.2. The van der Waals surface area contributed by atoms with E-state index in [4.69, 9.17) is 12.8 Å². The first kappa shape index (κ1) is 11.4. The number of carbonyl (C=O) groups is 1. The topological polar surface area (TPSA) is 41.1 Å². The van der Waals surface area contributed by atoms with Crippen molar-refractivity contribution in [3.8, 4) is 24.7 Å². The molecule has 0 saturated carbocycles. The van der Waals surface area contributed by atoms with Crippen LogP contribution in [0.1, 0.15) is 20.3 Å². The molecule has 3 nitrogen and oxygen atoms in total. The molecule has 0 bridgehead atoms. The average Bonchev–Trinajstić information content (AvgIpc) is 2.04. The molecule has 2 amide bonds. The Hall–Kier alpha value is -1.61. The summed E-state index contributed by atoms with van der Waals surface area (Å²) in [6.07, 6.45) is 10.7. The van der Waals surface area contributed by atoms with Crippen molar-refractivity contribution < 1.29 is 4.79 Å². The molecule has 0 aromatic rings. The van der Waals surface area contributed by atoms with Crippen molar-refractivity contribution >= 4 is 6.03 Å². The number of amides is 2. The van der Waals surface area contributed by atoms with E-state index in [1.165, 1.54) is 0 Å². The molecule has 2 N–H and O–H groups in total. The Kier molecular flexibility index (Phi) is 5.23. The van der Waals surface area contributed by atoms with Gasteiger partial charge >= 0.3 is 6.03 Å². The summed E-state index contributed by atoms with van der Waals surface area (Å²) < 4.78 is 0. The maximum atomic E-state index is 11.1. The quantitative estimate of drug-likeness (QED) is 0.614. The highest BCUT2D eigenvalue weighted by Gasteiger charge is 2.06. The van der Waals surface area contributed by atoms with Crippen molar-refractivity contribution in [3.63, 3.8) is 0 Å². The van der Waals surface area contributed by atoms with Gasteiger partial charge in [0, 0.05) is 12.5 Å². The van der Waals surface area contributed by atoms with Gasteiger partial charge in [-0.3, -0.25) is 0 Å². The smallest absolute Gasteiger partial charge is 0.315 e. The zero-order chi connectivity index (χ0) is 10.3. The van der Waals surface area contributed by atoms with E-state index in [1.807, 2.05) is 6.92 Å². The molecule has 0 saturated heterocycles. The standard InChI is InChI=1S/C10H14N2O/c1-5-7-9(4)12-10(13)11-8(3)6-2/h1-2,8-9H,7H2,3-4H3,(H2,11,12,13). The van der Waals surface area contributed by atoms with Crippen LogP contribution < -0.4 is 10.6 Å². The summed E-state index contributed by atoms with van der Waals surface area (Å²) in [5.74, 6) is 4.85. The molecule has 0 aliphatic carbocycles. The van der Waals surface area contributed by atoms with E-state index in [1.54, 1.807) is 6.92 Å². The van der Waals surface area contributed by atoms with E-state index in [2.05, 4.69) is 22.5 Å². The molecule has 3 heteroatoms. The predicted octanol–water partition coefficient (Wildman–Crippen LogP) is 0.719. The van der Waals surface area contributed by atoms with Gasteiger partial charge in [0.2, 0.25) is 0 Å². The van der Waals surface area contributed by atoms with Crippen molar-refractivity contribution in [2.24, 2.45) is 0 Å². The van der Waals surface area contributed by atoms with Gasteiger partial charge in [-0.25, -0.2) is 4.79 Å². The second-order valence-corrected chi connectivity index (χ2v) is 2.82. The largest absolute Gasteiger partial charge is 0.335 e. The lowest BCUT2D eigenvalue weighted by molar-refractivity contribution is 0.237. The lowest BCUT2D eigenvalue weighted by atomic mass is 10.2. The number of nitrogens with one attached hydrogen (secondary N) is 2. The SMILES string of the molecule is C#CCC(C)NC(=O)NC(C)C#C. The van der Waals surface area contributed by atoms with Crippen molar-refractivity contribution in [1.82, 2.24) is 10.6 Å². The van der Waals surface area contributed by atoms with E-state index >= 15 is 0 Å². The number of carbonyl (C=O) groups excluding carboxylic acids is 1. The first-order chi connectivity index (χ1) is 6.10. The second-order valence-electron chi connectivity index (χ2n) is 2.82. The van der Waals surface area contributed by atoms with E-state index < -0.39 is 0 Å². The number of urea groups is 1. The minimum Gasteiger partial charge on any atom is -0.335 e. The fourth-order valence-electron chi connectivity index (χ4n) is 0.732. The van der Waals surface area contributed by atoms with Crippen molar-refractivity contribution in [2.45, 2.75) is 32.4 Å². The summed E-state index contributed by atoms with van der Waals surface area (Å²) in [6, 6.07) is -0.582. The normalized spacial score (nSPS) is 13.2. The third kappa shape index (κ3) is 5.64. The summed E-state index contributed by atoms with van der Waals surface area (Å²) in [7, 11) is 0. The monoisotopic (exact) mass is 178 g/mol. The summed E-state index contributed by atoms with van der Waals surface area (Å²) in [5, 5.41) is 5.22. The summed E-state index contributed by atoms with van der Waals surface area (Å²) in [4.78, 5) is 11.1. The van der Waals surface area contributed by atoms with Gasteiger partial charge in [0.25, 0.3) is 0 Å². The zero-order valence-electron chi connectivity index (χ0n) is 7.92. The number of terminal acetylenes is 2. The highest BCUT2D eigenvalue weighted by Crippen LogP contribution is 1.87. The third-order valence-electron chi connectivity index (χ3n) is 1.40. The van der Waals surface area contributed by atoms with Crippen LogP contribution in [0.5, 0.6) is 0 Å².